The normalized spacial score (nSPS) is 16.2. The van der Waals surface area contributed by atoms with Crippen molar-refractivity contribution in [1.82, 2.24) is 0 Å². The Morgan fingerprint density at radius 1 is 1.16 bits per heavy atom. The van der Waals surface area contributed by atoms with Crippen molar-refractivity contribution in [3.05, 3.63) is 24.3 Å². The van der Waals surface area contributed by atoms with Gasteiger partial charge in [-0.1, -0.05) is 0 Å². The lowest BCUT2D eigenvalue weighted by atomic mass is 9.88. The number of nitrogens with one attached hydrogen (secondary N) is 1. The van der Waals surface area contributed by atoms with Crippen LogP contribution in [0, 0.1) is 5.92 Å². The van der Waals surface area contributed by atoms with E-state index in [0.29, 0.717) is 25.7 Å². The lowest BCUT2D eigenvalue weighted by Crippen LogP contribution is -2.27. The van der Waals surface area contributed by atoms with Gasteiger partial charge >= 0.3 is 0 Å². The highest BCUT2D eigenvalue weighted by Gasteiger charge is 2.24. The van der Waals surface area contributed by atoms with Crippen LogP contribution in [-0.2, 0) is 9.59 Å². The summed E-state index contributed by atoms with van der Waals surface area (Å²) >= 11 is 0. The lowest BCUT2D eigenvalue weighted by Gasteiger charge is -2.20. The summed E-state index contributed by atoms with van der Waals surface area (Å²) in [6.07, 6.45) is 2.44. The average molecular weight is 260 g/mol. The van der Waals surface area contributed by atoms with Gasteiger partial charge in [-0.15, -0.1) is 0 Å². The summed E-state index contributed by atoms with van der Waals surface area (Å²) in [5.41, 5.74) is 1.91. The zero-order chi connectivity index (χ0) is 13.8. The number of Topliss-reactive ketones (excluding diaryl/α,β-unsaturated/α-hetero) is 1. The van der Waals surface area contributed by atoms with Crippen LogP contribution in [0.15, 0.2) is 24.3 Å². The molecule has 102 valence electrons. The van der Waals surface area contributed by atoms with Gasteiger partial charge in [-0.2, -0.15) is 0 Å². The molecule has 0 aliphatic heterocycles. The summed E-state index contributed by atoms with van der Waals surface area (Å²) < 4.78 is 0. The molecule has 0 spiro atoms. The van der Waals surface area contributed by atoms with Gasteiger partial charge in [0.15, 0.2) is 0 Å². The molecule has 1 amide bonds. The fourth-order valence-electron chi connectivity index (χ4n) is 2.29. The number of hydrogen-bond donors (Lipinski definition) is 1. The molecule has 1 aliphatic carbocycles. The van der Waals surface area contributed by atoms with E-state index in [0.717, 1.165) is 11.4 Å². The molecule has 1 N–H and O–H groups in total. The van der Waals surface area contributed by atoms with Gasteiger partial charge in [-0.25, -0.2) is 0 Å². The largest absolute Gasteiger partial charge is 0.378 e. The van der Waals surface area contributed by atoms with Gasteiger partial charge in [0.25, 0.3) is 0 Å². The smallest absolute Gasteiger partial charge is 0.227 e. The molecule has 19 heavy (non-hydrogen) atoms. The second-order valence-electron chi connectivity index (χ2n) is 5.24. The number of carbonyl (C=O) groups excluding carboxylic acids is 2. The molecule has 0 atom stereocenters. The molecule has 4 heteroatoms. The number of anilines is 2. The second-order valence-corrected chi connectivity index (χ2v) is 5.24. The van der Waals surface area contributed by atoms with Crippen molar-refractivity contribution in [2.45, 2.75) is 25.7 Å². The maximum absolute atomic E-state index is 12.1. The number of hydrogen-bond acceptors (Lipinski definition) is 3. The second kappa shape index (κ2) is 5.87. The highest BCUT2D eigenvalue weighted by atomic mass is 16.2. The fourth-order valence-corrected chi connectivity index (χ4v) is 2.29. The minimum Gasteiger partial charge on any atom is -0.378 e. The van der Waals surface area contributed by atoms with Crippen LogP contribution in [-0.4, -0.2) is 25.8 Å². The SMILES string of the molecule is CN(C)c1ccc(NC(=O)C2CCC(=O)CC2)cc1. The minimum atomic E-state index is -0.0220. The van der Waals surface area contributed by atoms with Crippen LogP contribution in [0.1, 0.15) is 25.7 Å². The molecular weight excluding hydrogens is 240 g/mol. The van der Waals surface area contributed by atoms with Crippen LogP contribution < -0.4 is 10.2 Å². The summed E-state index contributed by atoms with van der Waals surface area (Å²) in [6, 6.07) is 7.75. The zero-order valence-electron chi connectivity index (χ0n) is 11.5. The molecule has 1 saturated carbocycles. The van der Waals surface area contributed by atoms with Gasteiger partial charge in [0.05, 0.1) is 0 Å². The monoisotopic (exact) mass is 260 g/mol. The van der Waals surface area contributed by atoms with E-state index in [9.17, 15) is 9.59 Å². The third kappa shape index (κ3) is 3.56. The summed E-state index contributed by atoms with van der Waals surface area (Å²) in [5, 5.41) is 2.92. The average Bonchev–Trinajstić information content (AvgIpc) is 2.40. The van der Waals surface area contributed by atoms with Crippen LogP contribution in [0.2, 0.25) is 0 Å². The molecule has 4 nitrogen and oxygen atoms in total. The topological polar surface area (TPSA) is 49.4 Å². The van der Waals surface area contributed by atoms with Crippen LogP contribution in [0.25, 0.3) is 0 Å². The van der Waals surface area contributed by atoms with Crippen molar-refractivity contribution in [3.8, 4) is 0 Å². The Morgan fingerprint density at radius 2 is 1.74 bits per heavy atom. The first-order valence-electron chi connectivity index (χ1n) is 6.66. The molecule has 2 rings (SSSR count). The fraction of sp³-hybridized carbons (Fsp3) is 0.467. The first-order valence-corrected chi connectivity index (χ1v) is 6.66. The first kappa shape index (κ1) is 13.6. The molecule has 0 saturated heterocycles. The predicted octanol–water partition coefficient (Wildman–Crippen LogP) is 2.45. The van der Waals surface area contributed by atoms with Crippen molar-refractivity contribution in [2.24, 2.45) is 5.92 Å². The predicted molar refractivity (Wildman–Crippen MR) is 76.4 cm³/mol. The van der Waals surface area contributed by atoms with E-state index in [1.54, 1.807) is 0 Å². The molecule has 0 heterocycles. The Hall–Kier alpha value is -1.84. The van der Waals surface area contributed by atoms with Crippen LogP contribution >= 0.6 is 0 Å². The van der Waals surface area contributed by atoms with Crippen LogP contribution in [0.3, 0.4) is 0 Å². The van der Waals surface area contributed by atoms with Crippen molar-refractivity contribution in [2.75, 3.05) is 24.3 Å². The van der Waals surface area contributed by atoms with Crippen LogP contribution in [0.4, 0.5) is 11.4 Å². The molecule has 1 aromatic carbocycles. The number of nitrogens with zero attached hydrogens (tertiary/aromatic N) is 1. The molecule has 0 bridgehead atoms. The molecule has 0 radical (unpaired) electrons. The highest BCUT2D eigenvalue weighted by Crippen LogP contribution is 2.23. The third-order valence-electron chi connectivity index (χ3n) is 3.57. The Bertz CT molecular complexity index is 456. The van der Waals surface area contributed by atoms with Crippen LogP contribution in [0.5, 0.6) is 0 Å². The van der Waals surface area contributed by atoms with E-state index < -0.39 is 0 Å². The summed E-state index contributed by atoms with van der Waals surface area (Å²) in [6.45, 7) is 0. The Balaban J connectivity index is 1.93. The van der Waals surface area contributed by atoms with E-state index in [1.807, 2.05) is 43.3 Å². The molecule has 0 aromatic heterocycles. The number of ketones is 1. The third-order valence-corrected chi connectivity index (χ3v) is 3.57. The quantitative estimate of drug-likeness (QED) is 0.908. The highest BCUT2D eigenvalue weighted by molar-refractivity contribution is 5.94. The van der Waals surface area contributed by atoms with Gasteiger partial charge < -0.3 is 10.2 Å². The standard InChI is InChI=1S/C15H20N2O2/c1-17(2)13-7-5-12(6-8-13)16-15(19)11-3-9-14(18)10-4-11/h5-8,11H,3-4,9-10H2,1-2H3,(H,16,19). The number of amides is 1. The van der Waals surface area contributed by atoms with E-state index in [-0.39, 0.29) is 17.6 Å². The van der Waals surface area contributed by atoms with E-state index in [2.05, 4.69) is 5.32 Å². The van der Waals surface area contributed by atoms with Gasteiger partial charge in [0.2, 0.25) is 5.91 Å². The molecule has 1 fully saturated rings. The van der Waals surface area contributed by atoms with Crippen molar-refractivity contribution in [1.29, 1.82) is 0 Å². The molecule has 1 aromatic rings. The van der Waals surface area contributed by atoms with Crippen molar-refractivity contribution < 1.29 is 9.59 Å². The van der Waals surface area contributed by atoms with Gasteiger partial charge in [0, 0.05) is 44.2 Å². The summed E-state index contributed by atoms with van der Waals surface area (Å²) in [4.78, 5) is 25.2. The first-order chi connectivity index (χ1) is 9.06. The Labute approximate surface area is 113 Å². The Morgan fingerprint density at radius 3 is 2.26 bits per heavy atom. The van der Waals surface area contributed by atoms with Gasteiger partial charge in [-0.05, 0) is 37.1 Å². The minimum absolute atomic E-state index is 0.0220. The Kier molecular flexibility index (Phi) is 4.20. The summed E-state index contributed by atoms with van der Waals surface area (Å²) in [7, 11) is 3.96. The van der Waals surface area contributed by atoms with E-state index in [4.69, 9.17) is 0 Å². The van der Waals surface area contributed by atoms with Gasteiger partial charge in [0.1, 0.15) is 5.78 Å². The summed E-state index contributed by atoms with van der Waals surface area (Å²) in [5.74, 6) is 0.288. The maximum atomic E-state index is 12.1. The van der Waals surface area contributed by atoms with Gasteiger partial charge in [-0.3, -0.25) is 9.59 Å². The van der Waals surface area contributed by atoms with E-state index in [1.165, 1.54) is 0 Å². The molecular formula is C15H20N2O2. The maximum Gasteiger partial charge on any atom is 0.227 e. The number of benzene rings is 1. The molecule has 1 aliphatic rings. The van der Waals surface area contributed by atoms with Crippen molar-refractivity contribution in [3.63, 3.8) is 0 Å². The van der Waals surface area contributed by atoms with Crippen molar-refractivity contribution >= 4 is 23.1 Å². The number of rotatable bonds is 3. The molecule has 0 unspecified atom stereocenters. The van der Waals surface area contributed by atoms with E-state index >= 15 is 0 Å². The lowest BCUT2D eigenvalue weighted by molar-refractivity contribution is -0.125. The number of carbonyl (C=O) groups is 2. The zero-order valence-corrected chi connectivity index (χ0v) is 11.5.